The number of ether oxygens (including phenoxy) is 2. The minimum Gasteiger partial charge on any atom is -0.438 e. The molecule has 1 rings (SSSR count). The number of methoxy groups -OCH3 is 1. The standard InChI is InChI=1S/C10H13NO3/c1-8(14-10(12)13-2)7-9-3-5-11-6-4-9/h3-6,8H,7H2,1-2H3. The molecule has 0 aliphatic heterocycles. The van der Waals surface area contributed by atoms with E-state index in [1.807, 2.05) is 19.1 Å². The molecule has 0 radical (unpaired) electrons. The Kier molecular flexibility index (Phi) is 3.91. The molecule has 0 aromatic carbocycles. The molecule has 0 spiro atoms. The number of hydrogen-bond acceptors (Lipinski definition) is 4. The lowest BCUT2D eigenvalue weighted by Gasteiger charge is -2.11. The third-order valence-corrected chi connectivity index (χ3v) is 1.74. The van der Waals surface area contributed by atoms with E-state index in [9.17, 15) is 4.79 Å². The molecule has 1 aromatic rings. The molecule has 1 heterocycles. The minimum absolute atomic E-state index is 0.190. The Labute approximate surface area is 82.9 Å². The fourth-order valence-electron chi connectivity index (χ4n) is 1.10. The second kappa shape index (κ2) is 5.21. The van der Waals surface area contributed by atoms with Gasteiger partial charge in [-0.3, -0.25) is 4.98 Å². The van der Waals surface area contributed by atoms with Crippen LogP contribution in [-0.4, -0.2) is 24.4 Å². The van der Waals surface area contributed by atoms with Crippen molar-refractivity contribution in [2.24, 2.45) is 0 Å². The number of rotatable bonds is 3. The maximum absolute atomic E-state index is 10.8. The van der Waals surface area contributed by atoms with E-state index in [1.165, 1.54) is 7.11 Å². The molecule has 0 amide bonds. The number of hydrogen-bond donors (Lipinski definition) is 0. The Bertz CT molecular complexity index is 287. The second-order valence-electron chi connectivity index (χ2n) is 2.94. The van der Waals surface area contributed by atoms with Crippen LogP contribution in [0.2, 0.25) is 0 Å². The molecule has 0 aliphatic rings. The molecule has 1 atom stereocenters. The number of pyridine rings is 1. The molecule has 0 bridgehead atoms. The van der Waals surface area contributed by atoms with E-state index in [1.54, 1.807) is 12.4 Å². The van der Waals surface area contributed by atoms with Crippen molar-refractivity contribution in [1.29, 1.82) is 0 Å². The van der Waals surface area contributed by atoms with Gasteiger partial charge in [-0.2, -0.15) is 0 Å². The van der Waals surface area contributed by atoms with Crippen molar-refractivity contribution >= 4 is 6.16 Å². The third kappa shape index (κ3) is 3.43. The summed E-state index contributed by atoms with van der Waals surface area (Å²) < 4.78 is 9.31. The second-order valence-corrected chi connectivity index (χ2v) is 2.94. The van der Waals surface area contributed by atoms with Crippen LogP contribution >= 0.6 is 0 Å². The van der Waals surface area contributed by atoms with Gasteiger partial charge in [0.15, 0.2) is 0 Å². The lowest BCUT2D eigenvalue weighted by molar-refractivity contribution is 0.0437. The maximum Gasteiger partial charge on any atom is 0.508 e. The van der Waals surface area contributed by atoms with Gasteiger partial charge in [-0.15, -0.1) is 0 Å². The summed E-state index contributed by atoms with van der Waals surface area (Å²) in [4.78, 5) is 14.7. The quantitative estimate of drug-likeness (QED) is 0.690. The highest BCUT2D eigenvalue weighted by atomic mass is 16.7. The molecular formula is C10H13NO3. The third-order valence-electron chi connectivity index (χ3n) is 1.74. The predicted molar refractivity (Wildman–Crippen MR) is 50.9 cm³/mol. The first-order valence-electron chi connectivity index (χ1n) is 4.36. The van der Waals surface area contributed by atoms with Gasteiger partial charge in [0.25, 0.3) is 0 Å². The number of nitrogens with zero attached hydrogens (tertiary/aromatic N) is 1. The summed E-state index contributed by atoms with van der Waals surface area (Å²) in [5, 5.41) is 0. The lowest BCUT2D eigenvalue weighted by atomic mass is 10.1. The van der Waals surface area contributed by atoms with Crippen LogP contribution in [0.5, 0.6) is 0 Å². The molecule has 4 nitrogen and oxygen atoms in total. The lowest BCUT2D eigenvalue weighted by Crippen LogP contribution is -2.17. The van der Waals surface area contributed by atoms with E-state index in [4.69, 9.17) is 4.74 Å². The van der Waals surface area contributed by atoms with E-state index in [0.29, 0.717) is 6.42 Å². The van der Waals surface area contributed by atoms with E-state index < -0.39 is 6.16 Å². The molecule has 0 fully saturated rings. The Balaban J connectivity index is 2.41. The van der Waals surface area contributed by atoms with Crippen LogP contribution in [0.15, 0.2) is 24.5 Å². The number of carbonyl (C=O) groups excluding carboxylic acids is 1. The van der Waals surface area contributed by atoms with Crippen LogP contribution in [-0.2, 0) is 15.9 Å². The maximum atomic E-state index is 10.8. The first-order chi connectivity index (χ1) is 6.72. The molecule has 14 heavy (non-hydrogen) atoms. The van der Waals surface area contributed by atoms with Gasteiger partial charge in [0.05, 0.1) is 7.11 Å². The van der Waals surface area contributed by atoms with Crippen LogP contribution < -0.4 is 0 Å². The van der Waals surface area contributed by atoms with Crippen molar-refractivity contribution in [2.45, 2.75) is 19.4 Å². The summed E-state index contributed by atoms with van der Waals surface area (Å²) in [7, 11) is 1.29. The van der Waals surface area contributed by atoms with Crippen LogP contribution in [0.3, 0.4) is 0 Å². The Morgan fingerprint density at radius 3 is 2.71 bits per heavy atom. The molecular weight excluding hydrogens is 182 g/mol. The monoisotopic (exact) mass is 195 g/mol. The molecule has 0 N–H and O–H groups in total. The van der Waals surface area contributed by atoms with Gasteiger partial charge >= 0.3 is 6.16 Å². The zero-order valence-electron chi connectivity index (χ0n) is 8.27. The van der Waals surface area contributed by atoms with Crippen molar-refractivity contribution in [1.82, 2.24) is 4.98 Å². The normalized spacial score (nSPS) is 11.9. The Morgan fingerprint density at radius 1 is 1.50 bits per heavy atom. The van der Waals surface area contributed by atoms with Crippen LogP contribution in [0.25, 0.3) is 0 Å². The predicted octanol–water partition coefficient (Wildman–Crippen LogP) is 1.80. The van der Waals surface area contributed by atoms with E-state index in [2.05, 4.69) is 9.72 Å². The summed E-state index contributed by atoms with van der Waals surface area (Å²) in [6.07, 6.45) is 3.24. The highest BCUT2D eigenvalue weighted by molar-refractivity contribution is 5.59. The number of carbonyl (C=O) groups is 1. The largest absolute Gasteiger partial charge is 0.508 e. The van der Waals surface area contributed by atoms with Gasteiger partial charge in [0.2, 0.25) is 0 Å². The molecule has 76 valence electrons. The SMILES string of the molecule is COC(=O)OC(C)Cc1ccncc1. The van der Waals surface area contributed by atoms with Gasteiger partial charge in [-0.1, -0.05) is 0 Å². The van der Waals surface area contributed by atoms with Gasteiger partial charge in [0, 0.05) is 18.8 Å². The Hall–Kier alpha value is -1.58. The van der Waals surface area contributed by atoms with Crippen molar-refractivity contribution in [3.63, 3.8) is 0 Å². The first-order valence-corrected chi connectivity index (χ1v) is 4.36. The molecule has 1 aromatic heterocycles. The highest BCUT2D eigenvalue weighted by Crippen LogP contribution is 2.04. The summed E-state index contributed by atoms with van der Waals surface area (Å²) in [5.41, 5.74) is 1.08. The van der Waals surface area contributed by atoms with E-state index >= 15 is 0 Å². The average molecular weight is 195 g/mol. The van der Waals surface area contributed by atoms with Crippen LogP contribution in [0.4, 0.5) is 4.79 Å². The van der Waals surface area contributed by atoms with Crippen molar-refractivity contribution < 1.29 is 14.3 Å². The molecule has 4 heteroatoms. The summed E-state index contributed by atoms with van der Waals surface area (Å²) in [6, 6.07) is 3.77. The summed E-state index contributed by atoms with van der Waals surface area (Å²) >= 11 is 0. The van der Waals surface area contributed by atoms with Gasteiger partial charge in [-0.25, -0.2) is 4.79 Å². The minimum atomic E-state index is -0.647. The van der Waals surface area contributed by atoms with Crippen molar-refractivity contribution in [3.05, 3.63) is 30.1 Å². The molecule has 0 saturated carbocycles. The topological polar surface area (TPSA) is 48.4 Å². The zero-order valence-corrected chi connectivity index (χ0v) is 8.27. The van der Waals surface area contributed by atoms with Gasteiger partial charge in [-0.05, 0) is 24.6 Å². The number of aromatic nitrogens is 1. The van der Waals surface area contributed by atoms with Crippen molar-refractivity contribution in [2.75, 3.05) is 7.11 Å². The summed E-state index contributed by atoms with van der Waals surface area (Å²) in [5.74, 6) is 0. The van der Waals surface area contributed by atoms with Crippen LogP contribution in [0, 0.1) is 0 Å². The van der Waals surface area contributed by atoms with E-state index in [0.717, 1.165) is 5.56 Å². The van der Waals surface area contributed by atoms with E-state index in [-0.39, 0.29) is 6.10 Å². The molecule has 0 aliphatic carbocycles. The Morgan fingerprint density at radius 2 is 2.14 bits per heavy atom. The molecule has 0 saturated heterocycles. The zero-order chi connectivity index (χ0) is 10.4. The molecule has 1 unspecified atom stereocenters. The smallest absolute Gasteiger partial charge is 0.438 e. The van der Waals surface area contributed by atoms with Gasteiger partial charge < -0.3 is 9.47 Å². The fraction of sp³-hybridized carbons (Fsp3) is 0.400. The summed E-state index contributed by atoms with van der Waals surface area (Å²) in [6.45, 7) is 1.82. The first kappa shape index (κ1) is 10.5. The van der Waals surface area contributed by atoms with Crippen molar-refractivity contribution in [3.8, 4) is 0 Å². The average Bonchev–Trinajstić information content (AvgIpc) is 2.19. The van der Waals surface area contributed by atoms with Gasteiger partial charge in [0.1, 0.15) is 6.10 Å². The van der Waals surface area contributed by atoms with Crippen LogP contribution in [0.1, 0.15) is 12.5 Å². The fourth-order valence-corrected chi connectivity index (χ4v) is 1.10. The highest BCUT2D eigenvalue weighted by Gasteiger charge is 2.09.